The molecule has 0 aliphatic carbocycles. The topological polar surface area (TPSA) is 42.4 Å². The maximum Gasteiger partial charge on any atom is 0.216 e. The van der Waals surface area contributed by atoms with Crippen LogP contribution in [0.2, 0.25) is 0 Å². The molecule has 3 heteroatoms. The van der Waals surface area contributed by atoms with Crippen LogP contribution in [-0.4, -0.2) is 17.2 Å². The average Bonchev–Trinajstić information content (AvgIpc) is 2.36. The molecule has 84 valence electrons. The zero-order valence-corrected chi connectivity index (χ0v) is 9.53. The first kappa shape index (κ1) is 10.9. The Morgan fingerprint density at radius 3 is 2.75 bits per heavy atom. The Balaban J connectivity index is 2.63. The smallest absolute Gasteiger partial charge is 0.216 e. The highest BCUT2D eigenvalue weighted by atomic mass is 16.5. The normalized spacial score (nSPS) is 10.7. The summed E-state index contributed by atoms with van der Waals surface area (Å²) < 4.78 is 5.24. The lowest BCUT2D eigenvalue weighted by molar-refractivity contribution is 0.282. The van der Waals surface area contributed by atoms with Crippen LogP contribution in [0.15, 0.2) is 24.3 Å². The standard InChI is InChI=1S/C13H15NO2/c1-3-10-7-11-6-9(8-15)4-5-12(11)14-13(10)16-2/h4-7,15H,3,8H2,1-2H3. The van der Waals surface area contributed by atoms with E-state index in [1.165, 1.54) is 0 Å². The molecule has 0 amide bonds. The van der Waals surface area contributed by atoms with Gasteiger partial charge in [-0.05, 0) is 30.2 Å². The number of nitrogens with zero attached hydrogens (tertiary/aromatic N) is 1. The molecule has 3 nitrogen and oxygen atoms in total. The average molecular weight is 217 g/mol. The molecule has 0 fully saturated rings. The van der Waals surface area contributed by atoms with Gasteiger partial charge in [0.25, 0.3) is 0 Å². The van der Waals surface area contributed by atoms with Crippen LogP contribution < -0.4 is 4.74 Å². The maximum absolute atomic E-state index is 9.08. The molecule has 0 atom stereocenters. The van der Waals surface area contributed by atoms with E-state index in [2.05, 4.69) is 18.0 Å². The van der Waals surface area contributed by atoms with E-state index in [0.717, 1.165) is 28.5 Å². The number of aromatic nitrogens is 1. The summed E-state index contributed by atoms with van der Waals surface area (Å²) in [6.07, 6.45) is 0.884. The van der Waals surface area contributed by atoms with E-state index < -0.39 is 0 Å². The van der Waals surface area contributed by atoms with Crippen molar-refractivity contribution in [1.82, 2.24) is 4.98 Å². The quantitative estimate of drug-likeness (QED) is 0.857. The lowest BCUT2D eigenvalue weighted by atomic mass is 10.1. The number of aliphatic hydroxyl groups excluding tert-OH is 1. The summed E-state index contributed by atoms with van der Waals surface area (Å²) in [5, 5.41) is 10.1. The molecule has 1 aromatic carbocycles. The molecular formula is C13H15NO2. The third-order valence-corrected chi connectivity index (χ3v) is 2.68. The second-order valence-corrected chi connectivity index (χ2v) is 3.70. The Bertz CT molecular complexity index is 509. The highest BCUT2D eigenvalue weighted by Gasteiger charge is 2.05. The van der Waals surface area contributed by atoms with E-state index in [0.29, 0.717) is 5.88 Å². The minimum absolute atomic E-state index is 0.0590. The van der Waals surface area contributed by atoms with E-state index in [1.54, 1.807) is 7.11 Å². The van der Waals surface area contributed by atoms with Crippen molar-refractivity contribution < 1.29 is 9.84 Å². The molecule has 1 heterocycles. The first-order chi connectivity index (χ1) is 7.78. The molecule has 1 aromatic heterocycles. The van der Waals surface area contributed by atoms with Crippen molar-refractivity contribution >= 4 is 10.9 Å². The molecule has 0 saturated heterocycles. The number of fused-ring (bicyclic) bond motifs is 1. The highest BCUT2D eigenvalue weighted by Crippen LogP contribution is 2.23. The molecule has 2 rings (SSSR count). The van der Waals surface area contributed by atoms with Gasteiger partial charge in [-0.3, -0.25) is 0 Å². The number of ether oxygens (including phenoxy) is 1. The van der Waals surface area contributed by atoms with Crippen molar-refractivity contribution in [2.45, 2.75) is 20.0 Å². The van der Waals surface area contributed by atoms with E-state index in [4.69, 9.17) is 9.84 Å². The van der Waals surface area contributed by atoms with Crippen LogP contribution in [0.1, 0.15) is 18.1 Å². The summed E-state index contributed by atoms with van der Waals surface area (Å²) in [7, 11) is 1.63. The second-order valence-electron chi connectivity index (χ2n) is 3.70. The van der Waals surface area contributed by atoms with Gasteiger partial charge in [0.2, 0.25) is 5.88 Å². The fraction of sp³-hybridized carbons (Fsp3) is 0.308. The molecule has 0 spiro atoms. The molecule has 2 aromatic rings. The summed E-state index contributed by atoms with van der Waals surface area (Å²) in [6, 6.07) is 7.81. The zero-order valence-electron chi connectivity index (χ0n) is 9.53. The maximum atomic E-state index is 9.08. The number of pyridine rings is 1. The Hall–Kier alpha value is -1.61. The van der Waals surface area contributed by atoms with E-state index >= 15 is 0 Å². The molecule has 0 unspecified atom stereocenters. The third kappa shape index (κ3) is 1.86. The van der Waals surface area contributed by atoms with Crippen LogP contribution >= 0.6 is 0 Å². The summed E-state index contributed by atoms with van der Waals surface area (Å²) in [4.78, 5) is 4.44. The predicted octanol–water partition coefficient (Wildman–Crippen LogP) is 2.30. The molecule has 0 radical (unpaired) electrons. The van der Waals surface area contributed by atoms with Crippen molar-refractivity contribution in [2.75, 3.05) is 7.11 Å². The van der Waals surface area contributed by atoms with Gasteiger partial charge in [-0.2, -0.15) is 0 Å². The van der Waals surface area contributed by atoms with Gasteiger partial charge < -0.3 is 9.84 Å². The number of aliphatic hydroxyl groups is 1. The Labute approximate surface area is 94.7 Å². The zero-order chi connectivity index (χ0) is 11.5. The van der Waals surface area contributed by atoms with E-state index in [9.17, 15) is 0 Å². The minimum Gasteiger partial charge on any atom is -0.481 e. The Kier molecular flexibility index (Phi) is 3.06. The molecular weight excluding hydrogens is 202 g/mol. The monoisotopic (exact) mass is 217 g/mol. The Morgan fingerprint density at radius 2 is 2.12 bits per heavy atom. The lowest BCUT2D eigenvalue weighted by Crippen LogP contribution is -1.95. The van der Waals surface area contributed by atoms with Crippen molar-refractivity contribution in [3.8, 4) is 5.88 Å². The first-order valence-electron chi connectivity index (χ1n) is 5.36. The van der Waals surface area contributed by atoms with Crippen LogP contribution in [0, 0.1) is 0 Å². The Morgan fingerprint density at radius 1 is 1.31 bits per heavy atom. The van der Waals surface area contributed by atoms with E-state index in [1.807, 2.05) is 18.2 Å². The van der Waals surface area contributed by atoms with Gasteiger partial charge in [-0.25, -0.2) is 4.98 Å². The summed E-state index contributed by atoms with van der Waals surface area (Å²) in [5.74, 6) is 0.687. The number of rotatable bonds is 3. The van der Waals surface area contributed by atoms with Crippen molar-refractivity contribution in [2.24, 2.45) is 0 Å². The van der Waals surface area contributed by atoms with Gasteiger partial charge in [0.1, 0.15) is 0 Å². The van der Waals surface area contributed by atoms with Gasteiger partial charge in [-0.1, -0.05) is 13.0 Å². The van der Waals surface area contributed by atoms with Gasteiger partial charge >= 0.3 is 0 Å². The van der Waals surface area contributed by atoms with E-state index in [-0.39, 0.29) is 6.61 Å². The molecule has 0 aliphatic heterocycles. The van der Waals surface area contributed by atoms with Gasteiger partial charge in [0.05, 0.1) is 19.2 Å². The largest absolute Gasteiger partial charge is 0.481 e. The van der Waals surface area contributed by atoms with Crippen LogP contribution in [0.25, 0.3) is 10.9 Å². The molecule has 0 saturated carbocycles. The fourth-order valence-corrected chi connectivity index (χ4v) is 1.78. The van der Waals surface area contributed by atoms with Crippen molar-refractivity contribution in [3.63, 3.8) is 0 Å². The SMILES string of the molecule is CCc1cc2cc(CO)ccc2nc1OC. The first-order valence-corrected chi connectivity index (χ1v) is 5.36. The molecule has 16 heavy (non-hydrogen) atoms. The molecule has 1 N–H and O–H groups in total. The predicted molar refractivity (Wildman–Crippen MR) is 63.6 cm³/mol. The van der Waals surface area contributed by atoms with Crippen LogP contribution in [0.3, 0.4) is 0 Å². The van der Waals surface area contributed by atoms with Gasteiger partial charge in [-0.15, -0.1) is 0 Å². The van der Waals surface area contributed by atoms with Gasteiger partial charge in [0.15, 0.2) is 0 Å². The van der Waals surface area contributed by atoms with Crippen molar-refractivity contribution in [1.29, 1.82) is 0 Å². The van der Waals surface area contributed by atoms with Crippen LogP contribution in [0.5, 0.6) is 5.88 Å². The lowest BCUT2D eigenvalue weighted by Gasteiger charge is -2.08. The summed E-state index contributed by atoms with van der Waals surface area (Å²) in [6.45, 7) is 2.13. The number of aryl methyl sites for hydroxylation is 1. The minimum atomic E-state index is 0.0590. The number of benzene rings is 1. The van der Waals surface area contributed by atoms with Crippen LogP contribution in [0.4, 0.5) is 0 Å². The van der Waals surface area contributed by atoms with Gasteiger partial charge in [0, 0.05) is 10.9 Å². The number of hydrogen-bond acceptors (Lipinski definition) is 3. The number of hydrogen-bond donors (Lipinski definition) is 1. The third-order valence-electron chi connectivity index (χ3n) is 2.68. The highest BCUT2D eigenvalue weighted by molar-refractivity contribution is 5.80. The summed E-state index contributed by atoms with van der Waals surface area (Å²) in [5.41, 5.74) is 2.89. The van der Waals surface area contributed by atoms with Crippen LogP contribution in [-0.2, 0) is 13.0 Å². The van der Waals surface area contributed by atoms with Crippen molar-refractivity contribution in [3.05, 3.63) is 35.4 Å². The fourth-order valence-electron chi connectivity index (χ4n) is 1.78. The molecule has 0 bridgehead atoms. The number of methoxy groups -OCH3 is 1. The molecule has 0 aliphatic rings. The second kappa shape index (κ2) is 4.49. The summed E-state index contributed by atoms with van der Waals surface area (Å²) >= 11 is 0.